The van der Waals surface area contributed by atoms with Crippen LogP contribution in [0.5, 0.6) is 0 Å². The quantitative estimate of drug-likeness (QED) is 0.383. The van der Waals surface area contributed by atoms with E-state index in [2.05, 4.69) is 63.1 Å². The van der Waals surface area contributed by atoms with Gasteiger partial charge in [0.25, 0.3) is 5.91 Å². The van der Waals surface area contributed by atoms with Crippen LogP contribution in [0.4, 0.5) is 0 Å². The maximum absolute atomic E-state index is 12.9. The molecule has 3 rings (SSSR count). The van der Waals surface area contributed by atoms with Crippen molar-refractivity contribution in [3.63, 3.8) is 0 Å². The predicted molar refractivity (Wildman–Crippen MR) is 131 cm³/mol. The lowest BCUT2D eigenvalue weighted by Crippen LogP contribution is -2.25. The second-order valence-electron chi connectivity index (χ2n) is 7.98. The molecule has 166 valence electrons. The van der Waals surface area contributed by atoms with Crippen LogP contribution in [-0.4, -0.2) is 23.1 Å². The highest BCUT2D eigenvalue weighted by molar-refractivity contribution is 7.21. The molecule has 1 amide bonds. The first kappa shape index (κ1) is 23.6. The average molecular weight is 457 g/mol. The van der Waals surface area contributed by atoms with E-state index in [0.717, 1.165) is 39.6 Å². The zero-order valence-corrected chi connectivity index (χ0v) is 20.7. The van der Waals surface area contributed by atoms with Crippen molar-refractivity contribution in [1.82, 2.24) is 10.3 Å². The van der Waals surface area contributed by atoms with Crippen LogP contribution in [0.2, 0.25) is 0 Å². The molecule has 31 heavy (non-hydrogen) atoms. The summed E-state index contributed by atoms with van der Waals surface area (Å²) >= 11 is 3.26. The van der Waals surface area contributed by atoms with Crippen LogP contribution in [0.25, 0.3) is 9.88 Å². The van der Waals surface area contributed by atoms with E-state index in [1.165, 1.54) is 11.1 Å². The molecule has 0 bridgehead atoms. The first-order valence-corrected chi connectivity index (χ1v) is 12.7. The lowest BCUT2D eigenvalue weighted by atomic mass is 10.00. The number of amides is 1. The molecule has 2 aromatic heterocycles. The zero-order chi connectivity index (χ0) is 22.4. The Morgan fingerprint density at radius 2 is 2.03 bits per heavy atom. The molecule has 1 aromatic carbocycles. The minimum absolute atomic E-state index is 0.102. The van der Waals surface area contributed by atoms with Gasteiger partial charge < -0.3 is 10.1 Å². The molecular weight excluding hydrogens is 424 g/mol. The van der Waals surface area contributed by atoms with E-state index in [1.54, 1.807) is 22.7 Å². The normalized spacial score (nSPS) is 12.3. The van der Waals surface area contributed by atoms with Crippen molar-refractivity contribution in [2.45, 2.75) is 72.6 Å². The van der Waals surface area contributed by atoms with Gasteiger partial charge in [-0.3, -0.25) is 4.79 Å². The number of benzene rings is 1. The fourth-order valence-electron chi connectivity index (χ4n) is 3.51. The summed E-state index contributed by atoms with van der Waals surface area (Å²) in [5.74, 6) is -0.102. The molecular formula is C25H32N2O2S2. The fraction of sp³-hybridized carbons (Fsp3) is 0.440. The fourth-order valence-corrected chi connectivity index (χ4v) is 5.31. The summed E-state index contributed by atoms with van der Waals surface area (Å²) in [6, 6.07) is 10.6. The predicted octanol–water partition coefficient (Wildman–Crippen LogP) is 6.42. The first-order valence-electron chi connectivity index (χ1n) is 11.0. The summed E-state index contributed by atoms with van der Waals surface area (Å²) in [7, 11) is 0. The van der Waals surface area contributed by atoms with Gasteiger partial charge in [0.1, 0.15) is 10.7 Å². The van der Waals surface area contributed by atoms with E-state index in [4.69, 9.17) is 4.74 Å². The number of hydrogen-bond donors (Lipinski definition) is 1. The highest BCUT2D eigenvalue weighted by Crippen LogP contribution is 2.31. The molecule has 1 N–H and O–H groups in total. The van der Waals surface area contributed by atoms with Gasteiger partial charge in [0.2, 0.25) is 0 Å². The van der Waals surface area contributed by atoms with Crippen molar-refractivity contribution >= 4 is 28.6 Å². The summed E-state index contributed by atoms with van der Waals surface area (Å²) in [6.45, 7) is 11.0. The smallest absolute Gasteiger partial charge is 0.271 e. The van der Waals surface area contributed by atoms with Crippen molar-refractivity contribution in [3.8, 4) is 9.88 Å². The first-order chi connectivity index (χ1) is 14.9. The van der Waals surface area contributed by atoms with Gasteiger partial charge in [0.15, 0.2) is 0 Å². The van der Waals surface area contributed by atoms with Crippen molar-refractivity contribution in [2.75, 3.05) is 0 Å². The second kappa shape index (κ2) is 11.0. The lowest BCUT2D eigenvalue weighted by molar-refractivity contribution is 0.00642. The van der Waals surface area contributed by atoms with Gasteiger partial charge in [-0.1, -0.05) is 38.1 Å². The van der Waals surface area contributed by atoms with Gasteiger partial charge in [-0.2, -0.15) is 0 Å². The third kappa shape index (κ3) is 6.25. The topological polar surface area (TPSA) is 51.2 Å². The standard InChI is InChI=1S/C25H32N2O2S2/c1-6-20(29-16(3)4)14-18-11-10-17(5)19(13-18)15-26-24(28)23-21(7-2)31-25(27-23)22-9-8-12-30-22/h8-13,16,20H,6-7,14-15H2,1-5H3,(H,26,28). The van der Waals surface area contributed by atoms with Crippen LogP contribution in [0, 0.1) is 6.92 Å². The molecule has 0 saturated heterocycles. The van der Waals surface area contributed by atoms with E-state index in [0.29, 0.717) is 12.2 Å². The highest BCUT2D eigenvalue weighted by atomic mass is 32.1. The Labute approximate surface area is 193 Å². The van der Waals surface area contributed by atoms with E-state index in [1.807, 2.05) is 17.5 Å². The zero-order valence-electron chi connectivity index (χ0n) is 19.0. The van der Waals surface area contributed by atoms with Crippen LogP contribution in [0.15, 0.2) is 35.7 Å². The summed E-state index contributed by atoms with van der Waals surface area (Å²) < 4.78 is 6.01. The molecule has 3 aromatic rings. The number of nitrogens with one attached hydrogen (secondary N) is 1. The maximum atomic E-state index is 12.9. The molecule has 0 spiro atoms. The van der Waals surface area contributed by atoms with Crippen molar-refractivity contribution < 1.29 is 9.53 Å². The monoisotopic (exact) mass is 456 g/mol. The van der Waals surface area contributed by atoms with Crippen LogP contribution in [-0.2, 0) is 24.1 Å². The summed E-state index contributed by atoms with van der Waals surface area (Å²) in [6.07, 6.45) is 3.09. The third-order valence-electron chi connectivity index (χ3n) is 5.20. The van der Waals surface area contributed by atoms with Crippen LogP contribution < -0.4 is 5.32 Å². The number of aryl methyl sites for hydroxylation is 2. The Kier molecular flexibility index (Phi) is 8.41. The molecule has 0 radical (unpaired) electrons. The number of nitrogens with zero attached hydrogens (tertiary/aromatic N) is 1. The van der Waals surface area contributed by atoms with Crippen molar-refractivity contribution in [1.29, 1.82) is 0 Å². The molecule has 0 aliphatic heterocycles. The average Bonchev–Trinajstić information content (AvgIpc) is 3.42. The summed E-state index contributed by atoms with van der Waals surface area (Å²) in [4.78, 5) is 19.7. The van der Waals surface area contributed by atoms with Gasteiger partial charge in [-0.05, 0) is 68.2 Å². The lowest BCUT2D eigenvalue weighted by Gasteiger charge is -2.19. The summed E-state index contributed by atoms with van der Waals surface area (Å²) in [5.41, 5.74) is 4.11. The SMILES string of the molecule is CCc1sc(-c2cccs2)nc1C(=O)NCc1cc(CC(CC)OC(C)C)ccc1C. The maximum Gasteiger partial charge on any atom is 0.271 e. The molecule has 0 fully saturated rings. The van der Waals surface area contributed by atoms with E-state index >= 15 is 0 Å². The van der Waals surface area contributed by atoms with Gasteiger partial charge in [0, 0.05) is 11.4 Å². The Bertz CT molecular complexity index is 993. The minimum Gasteiger partial charge on any atom is -0.375 e. The Balaban J connectivity index is 1.70. The van der Waals surface area contributed by atoms with Crippen LogP contribution in [0.3, 0.4) is 0 Å². The molecule has 4 nitrogen and oxygen atoms in total. The molecule has 1 atom stereocenters. The summed E-state index contributed by atoms with van der Waals surface area (Å²) in [5, 5.41) is 6.05. The number of thiazole rings is 1. The van der Waals surface area contributed by atoms with Gasteiger partial charge in [0.05, 0.1) is 17.1 Å². The highest BCUT2D eigenvalue weighted by Gasteiger charge is 2.19. The Hall–Kier alpha value is -2.02. The molecule has 0 aliphatic carbocycles. The van der Waals surface area contributed by atoms with E-state index < -0.39 is 0 Å². The molecule has 1 unspecified atom stereocenters. The van der Waals surface area contributed by atoms with E-state index in [-0.39, 0.29) is 18.1 Å². The number of hydrogen-bond acceptors (Lipinski definition) is 5. The Morgan fingerprint density at radius 3 is 2.68 bits per heavy atom. The third-order valence-corrected chi connectivity index (χ3v) is 7.44. The number of carbonyl (C=O) groups is 1. The van der Waals surface area contributed by atoms with Gasteiger partial charge in [-0.25, -0.2) is 4.98 Å². The van der Waals surface area contributed by atoms with Crippen molar-refractivity contribution in [3.05, 3.63) is 63.0 Å². The molecule has 6 heteroatoms. The van der Waals surface area contributed by atoms with Crippen LogP contribution in [0.1, 0.15) is 66.2 Å². The molecule has 0 saturated carbocycles. The number of rotatable bonds is 10. The number of ether oxygens (including phenoxy) is 1. The molecule has 0 aliphatic rings. The van der Waals surface area contributed by atoms with Crippen molar-refractivity contribution in [2.24, 2.45) is 0 Å². The van der Waals surface area contributed by atoms with E-state index in [9.17, 15) is 4.79 Å². The minimum atomic E-state index is -0.102. The Morgan fingerprint density at radius 1 is 1.23 bits per heavy atom. The largest absolute Gasteiger partial charge is 0.375 e. The number of thiophene rings is 1. The second-order valence-corrected chi connectivity index (χ2v) is 10.0. The number of carbonyl (C=O) groups excluding carboxylic acids is 1. The van der Waals surface area contributed by atoms with Crippen LogP contribution >= 0.6 is 22.7 Å². The molecule has 2 heterocycles. The van der Waals surface area contributed by atoms with Gasteiger partial charge in [-0.15, -0.1) is 22.7 Å². The van der Waals surface area contributed by atoms with Gasteiger partial charge >= 0.3 is 0 Å². The number of aromatic nitrogens is 1.